The molecule has 66 valence electrons. The van der Waals surface area contributed by atoms with Gasteiger partial charge >= 0.3 is 6.18 Å². The van der Waals surface area contributed by atoms with Crippen molar-refractivity contribution in [2.24, 2.45) is 0 Å². The highest BCUT2D eigenvalue weighted by atomic mass is 35.5. The lowest BCUT2D eigenvalue weighted by Crippen LogP contribution is -2.10. The molecule has 0 aliphatic rings. The zero-order valence-electron chi connectivity index (χ0n) is 4.72. The first-order valence-corrected chi connectivity index (χ1v) is 2.93. The van der Waals surface area contributed by atoms with Gasteiger partial charge in [0.25, 0.3) is 6.43 Å². The Kier molecular flexibility index (Phi) is 3.57. The highest BCUT2D eigenvalue weighted by Crippen LogP contribution is 2.34. The average Bonchev–Trinajstić information content (AvgIpc) is 1.82. The Morgan fingerprint density at radius 1 is 1.09 bits per heavy atom. The van der Waals surface area contributed by atoms with Crippen molar-refractivity contribution in [2.75, 3.05) is 0 Å². The molecule has 0 N–H and O–H groups in total. The standard InChI is InChI=1S/C4HCl2F5/c5-1(3(7)8)2(6)4(9,10)11/h3H. The fraction of sp³-hybridized carbons (Fsp3) is 0.500. The predicted octanol–water partition coefficient (Wildman–Crippen LogP) is 3.50. The van der Waals surface area contributed by atoms with Gasteiger partial charge in [-0.05, 0) is 0 Å². The molecule has 0 aromatic heterocycles. The molecule has 0 aromatic rings. The SMILES string of the molecule is FC(F)C(Cl)=C(Cl)C(F)(F)F. The van der Waals surface area contributed by atoms with Crippen molar-refractivity contribution in [3.63, 3.8) is 0 Å². The second-order valence-corrected chi connectivity index (χ2v) is 2.25. The van der Waals surface area contributed by atoms with Gasteiger partial charge < -0.3 is 0 Å². The first kappa shape index (κ1) is 11.0. The van der Waals surface area contributed by atoms with E-state index in [1.807, 2.05) is 0 Å². The van der Waals surface area contributed by atoms with Crippen molar-refractivity contribution < 1.29 is 22.0 Å². The predicted molar refractivity (Wildman–Crippen MR) is 30.8 cm³/mol. The first-order valence-electron chi connectivity index (χ1n) is 2.17. The van der Waals surface area contributed by atoms with Crippen molar-refractivity contribution in [1.29, 1.82) is 0 Å². The van der Waals surface area contributed by atoms with Gasteiger partial charge in [0.2, 0.25) is 0 Å². The lowest BCUT2D eigenvalue weighted by molar-refractivity contribution is -0.0858. The van der Waals surface area contributed by atoms with Crippen molar-refractivity contribution in [3.05, 3.63) is 10.1 Å². The normalized spacial score (nSPS) is 15.3. The van der Waals surface area contributed by atoms with Crippen LogP contribution in [0.5, 0.6) is 0 Å². The maximum Gasteiger partial charge on any atom is 0.428 e. The molecule has 0 rings (SSSR count). The van der Waals surface area contributed by atoms with Gasteiger partial charge in [-0.25, -0.2) is 8.78 Å². The van der Waals surface area contributed by atoms with E-state index in [4.69, 9.17) is 0 Å². The van der Waals surface area contributed by atoms with E-state index in [0.29, 0.717) is 0 Å². The lowest BCUT2D eigenvalue weighted by Gasteiger charge is -2.06. The molecule has 0 saturated heterocycles. The molecule has 0 spiro atoms. The molecule has 0 nitrogen and oxygen atoms in total. The minimum atomic E-state index is -5.00. The number of allylic oxidation sites excluding steroid dienone is 2. The van der Waals surface area contributed by atoms with Crippen LogP contribution >= 0.6 is 23.2 Å². The summed E-state index contributed by atoms with van der Waals surface area (Å²) in [5.41, 5.74) is 0. The Hall–Kier alpha value is -0.0300. The van der Waals surface area contributed by atoms with Crippen molar-refractivity contribution >= 4 is 23.2 Å². The zero-order valence-corrected chi connectivity index (χ0v) is 6.23. The van der Waals surface area contributed by atoms with Gasteiger partial charge in [-0.15, -0.1) is 0 Å². The second-order valence-electron chi connectivity index (χ2n) is 1.46. The van der Waals surface area contributed by atoms with E-state index in [1.54, 1.807) is 0 Å². The molecule has 0 amide bonds. The molecule has 7 heteroatoms. The number of hydrogen-bond acceptors (Lipinski definition) is 0. The maximum atomic E-state index is 11.5. The lowest BCUT2D eigenvalue weighted by atomic mass is 10.5. The number of alkyl halides is 5. The third-order valence-corrected chi connectivity index (χ3v) is 1.52. The van der Waals surface area contributed by atoms with E-state index in [1.165, 1.54) is 0 Å². The molecule has 0 bridgehead atoms. The Bertz CT molecular complexity index is 170. The molecule has 0 fully saturated rings. The van der Waals surface area contributed by atoms with E-state index in [0.717, 1.165) is 0 Å². The molecule has 0 saturated carbocycles. The summed E-state index contributed by atoms with van der Waals surface area (Å²) in [6.45, 7) is 0. The molecule has 0 aliphatic heterocycles. The summed E-state index contributed by atoms with van der Waals surface area (Å²) in [6, 6.07) is 0. The van der Waals surface area contributed by atoms with Gasteiger partial charge in [-0.2, -0.15) is 13.2 Å². The molecule has 11 heavy (non-hydrogen) atoms. The summed E-state index contributed by atoms with van der Waals surface area (Å²) in [6.07, 6.45) is -8.40. The third-order valence-electron chi connectivity index (χ3n) is 0.650. The zero-order chi connectivity index (χ0) is 9.23. The van der Waals surface area contributed by atoms with Crippen LogP contribution < -0.4 is 0 Å². The van der Waals surface area contributed by atoms with Crippen LogP contribution in [0, 0.1) is 0 Å². The van der Waals surface area contributed by atoms with E-state index in [2.05, 4.69) is 23.2 Å². The van der Waals surface area contributed by atoms with Crippen molar-refractivity contribution in [2.45, 2.75) is 12.6 Å². The van der Waals surface area contributed by atoms with Crippen LogP contribution in [0.3, 0.4) is 0 Å². The minimum absolute atomic E-state index is 1.68. The highest BCUT2D eigenvalue weighted by molar-refractivity contribution is 6.39. The third kappa shape index (κ3) is 3.25. The summed E-state index contributed by atoms with van der Waals surface area (Å²) < 4.78 is 57.2. The molecular formula is C4HCl2F5. The van der Waals surface area contributed by atoms with Gasteiger partial charge in [0.1, 0.15) is 10.1 Å². The Labute approximate surface area is 68.6 Å². The van der Waals surface area contributed by atoms with Crippen molar-refractivity contribution in [3.8, 4) is 0 Å². The summed E-state index contributed by atoms with van der Waals surface area (Å²) in [5, 5.41) is -3.66. The molecular weight excluding hydrogens is 214 g/mol. The number of hydrogen-bond donors (Lipinski definition) is 0. The minimum Gasteiger partial charge on any atom is -0.204 e. The molecule has 0 radical (unpaired) electrons. The monoisotopic (exact) mass is 214 g/mol. The average molecular weight is 215 g/mol. The number of rotatable bonds is 1. The van der Waals surface area contributed by atoms with Crippen LogP contribution in [0.25, 0.3) is 0 Å². The van der Waals surface area contributed by atoms with Crippen LogP contribution in [-0.4, -0.2) is 12.6 Å². The van der Waals surface area contributed by atoms with Crippen LogP contribution in [0.1, 0.15) is 0 Å². The summed E-state index contributed by atoms with van der Waals surface area (Å²) in [7, 11) is 0. The van der Waals surface area contributed by atoms with Gasteiger partial charge in [0.15, 0.2) is 0 Å². The molecule has 0 aliphatic carbocycles. The maximum absolute atomic E-state index is 11.5. The largest absolute Gasteiger partial charge is 0.428 e. The van der Waals surface area contributed by atoms with Crippen LogP contribution in [-0.2, 0) is 0 Å². The quantitative estimate of drug-likeness (QED) is 0.587. The Morgan fingerprint density at radius 3 is 1.55 bits per heavy atom. The summed E-state index contributed by atoms with van der Waals surface area (Å²) in [5.74, 6) is 0. The van der Waals surface area contributed by atoms with Gasteiger partial charge in [-0.1, -0.05) is 23.2 Å². The second kappa shape index (κ2) is 3.58. The number of halogens is 7. The van der Waals surface area contributed by atoms with Crippen LogP contribution in [0.4, 0.5) is 22.0 Å². The van der Waals surface area contributed by atoms with Crippen LogP contribution in [0.2, 0.25) is 0 Å². The van der Waals surface area contributed by atoms with E-state index >= 15 is 0 Å². The molecule has 0 atom stereocenters. The fourth-order valence-corrected chi connectivity index (χ4v) is 0.421. The Morgan fingerprint density at radius 2 is 1.45 bits per heavy atom. The summed E-state index contributed by atoms with van der Waals surface area (Å²) >= 11 is 8.97. The van der Waals surface area contributed by atoms with Gasteiger partial charge in [0, 0.05) is 0 Å². The van der Waals surface area contributed by atoms with E-state index in [9.17, 15) is 22.0 Å². The molecule has 0 unspecified atom stereocenters. The van der Waals surface area contributed by atoms with Gasteiger partial charge in [-0.3, -0.25) is 0 Å². The summed E-state index contributed by atoms with van der Waals surface area (Å²) in [4.78, 5) is 0. The van der Waals surface area contributed by atoms with Crippen LogP contribution in [0.15, 0.2) is 10.1 Å². The molecule has 0 heterocycles. The van der Waals surface area contributed by atoms with Gasteiger partial charge in [0.05, 0.1) is 0 Å². The highest BCUT2D eigenvalue weighted by Gasteiger charge is 2.36. The molecule has 0 aromatic carbocycles. The smallest absolute Gasteiger partial charge is 0.204 e. The van der Waals surface area contributed by atoms with Crippen molar-refractivity contribution in [1.82, 2.24) is 0 Å². The first-order chi connectivity index (χ1) is 4.76. The fourth-order valence-electron chi connectivity index (χ4n) is 0.231. The topological polar surface area (TPSA) is 0 Å². The van der Waals surface area contributed by atoms with E-state index < -0.39 is 22.7 Å². The Balaban J connectivity index is 4.67. The van der Waals surface area contributed by atoms with E-state index in [-0.39, 0.29) is 0 Å².